The van der Waals surface area contributed by atoms with E-state index in [1.165, 1.54) is 11.1 Å². The van der Waals surface area contributed by atoms with E-state index in [1.807, 2.05) is 24.3 Å². The van der Waals surface area contributed by atoms with E-state index in [-0.39, 0.29) is 13.2 Å². The topological polar surface area (TPSA) is 120 Å². The molecule has 16 heteroatoms. The van der Waals surface area contributed by atoms with Gasteiger partial charge in [-0.3, -0.25) is 0 Å². The predicted octanol–water partition coefficient (Wildman–Crippen LogP) is 9.19. The predicted molar refractivity (Wildman–Crippen MR) is 246 cm³/mol. The summed E-state index contributed by atoms with van der Waals surface area (Å²) in [5.41, 5.74) is 4.34. The summed E-state index contributed by atoms with van der Waals surface area (Å²) >= 11 is 0. The van der Waals surface area contributed by atoms with Gasteiger partial charge in [-0.05, 0) is 158 Å². The number of aliphatic hydroxyl groups excluding tert-OH is 2. The lowest BCUT2D eigenvalue weighted by molar-refractivity contribution is 0.0432. The van der Waals surface area contributed by atoms with Crippen LogP contribution in [-0.2, 0) is 32.4 Å². The van der Waals surface area contributed by atoms with Crippen molar-refractivity contribution in [3.05, 3.63) is 59.7 Å². The summed E-state index contributed by atoms with van der Waals surface area (Å²) in [6.07, 6.45) is 1.35. The molecule has 0 spiro atoms. The van der Waals surface area contributed by atoms with Crippen LogP contribution in [0.5, 0.6) is 0 Å². The van der Waals surface area contributed by atoms with Crippen LogP contribution in [0.2, 0.25) is 104 Å². The molecular formula is C39H78N2O8Si6. The van der Waals surface area contributed by atoms with Gasteiger partial charge < -0.3 is 46.8 Å². The van der Waals surface area contributed by atoms with E-state index in [1.54, 1.807) is 0 Å². The van der Waals surface area contributed by atoms with E-state index in [0.29, 0.717) is 26.3 Å². The van der Waals surface area contributed by atoms with Gasteiger partial charge in [-0.2, -0.15) is 0 Å². The molecule has 2 unspecified atom stereocenters. The lowest BCUT2D eigenvalue weighted by atomic mass is 10.0. The lowest BCUT2D eigenvalue weighted by Gasteiger charge is -2.38. The minimum Gasteiger partial charge on any atom is -0.437 e. The van der Waals surface area contributed by atoms with Crippen LogP contribution in [0.15, 0.2) is 48.5 Å². The second kappa shape index (κ2) is 22.4. The van der Waals surface area contributed by atoms with Crippen LogP contribution in [-0.4, -0.2) is 112 Å². The molecule has 4 N–H and O–H groups in total. The zero-order valence-electron chi connectivity index (χ0n) is 36.9. The van der Waals surface area contributed by atoms with E-state index in [4.69, 9.17) is 25.9 Å². The molecule has 10 nitrogen and oxygen atoms in total. The van der Waals surface area contributed by atoms with Crippen LogP contribution < -0.4 is 10.6 Å². The van der Waals surface area contributed by atoms with Gasteiger partial charge in [0.25, 0.3) is 0 Å². The number of anilines is 2. The van der Waals surface area contributed by atoms with Crippen LogP contribution in [0.3, 0.4) is 0 Å². The summed E-state index contributed by atoms with van der Waals surface area (Å²) in [6, 6.07) is 18.4. The zero-order valence-corrected chi connectivity index (χ0v) is 42.9. The monoisotopic (exact) mass is 870 g/mol. The molecule has 0 radical (unpaired) electrons. The van der Waals surface area contributed by atoms with Crippen LogP contribution in [0.25, 0.3) is 0 Å². The summed E-state index contributed by atoms with van der Waals surface area (Å²) in [7, 11) is -11.4. The van der Waals surface area contributed by atoms with Gasteiger partial charge >= 0.3 is 17.1 Å². The van der Waals surface area contributed by atoms with Crippen molar-refractivity contribution >= 4 is 61.8 Å². The first-order valence-corrected chi connectivity index (χ1v) is 38.9. The lowest BCUT2D eigenvalue weighted by Crippen LogP contribution is -2.52. The quantitative estimate of drug-likeness (QED) is 0.0487. The molecule has 0 bridgehead atoms. The molecule has 2 atom stereocenters. The van der Waals surface area contributed by atoms with Gasteiger partial charge in [0, 0.05) is 37.7 Å². The van der Waals surface area contributed by atoms with Gasteiger partial charge in [0.05, 0.1) is 25.4 Å². The first-order chi connectivity index (χ1) is 25.2. The Morgan fingerprint density at radius 1 is 0.473 bits per heavy atom. The molecule has 0 heterocycles. The Morgan fingerprint density at radius 3 is 1.04 bits per heavy atom. The summed E-state index contributed by atoms with van der Waals surface area (Å²) < 4.78 is 38.0. The summed E-state index contributed by atoms with van der Waals surface area (Å²) in [6.45, 7) is 33.6. The van der Waals surface area contributed by atoms with Crippen molar-refractivity contribution in [2.45, 2.75) is 135 Å². The third-order valence-electron chi connectivity index (χ3n) is 7.95. The Labute approximate surface area is 341 Å². The second-order valence-corrected chi connectivity index (χ2v) is 44.8. The maximum atomic E-state index is 10.5. The fourth-order valence-electron chi connectivity index (χ4n) is 6.57. The van der Waals surface area contributed by atoms with Crippen molar-refractivity contribution in [1.29, 1.82) is 0 Å². The van der Waals surface area contributed by atoms with E-state index >= 15 is 0 Å². The van der Waals surface area contributed by atoms with Crippen LogP contribution in [0.1, 0.15) is 24.0 Å². The molecule has 2 aromatic rings. The normalized spacial score (nSPS) is 14.5. The minimum atomic E-state index is -2.26. The Kier molecular flexibility index (Phi) is 20.4. The van der Waals surface area contributed by atoms with Gasteiger partial charge in [-0.1, -0.05) is 24.3 Å². The van der Waals surface area contributed by atoms with Gasteiger partial charge in [0.2, 0.25) is 0 Å². The molecule has 55 heavy (non-hydrogen) atoms. The molecule has 0 aliphatic carbocycles. The highest BCUT2D eigenvalue weighted by atomic mass is 28.5. The summed E-state index contributed by atoms with van der Waals surface area (Å²) in [5.74, 6) is 0. The molecule has 0 aliphatic rings. The average Bonchev–Trinajstić information content (AvgIpc) is 3.00. The highest BCUT2D eigenvalue weighted by Gasteiger charge is 2.41. The Morgan fingerprint density at radius 2 is 0.764 bits per heavy atom. The Hall–Kier alpha value is -0.979. The number of hydrogen-bond acceptors (Lipinski definition) is 10. The van der Waals surface area contributed by atoms with Gasteiger partial charge in [-0.25, -0.2) is 0 Å². The summed E-state index contributed by atoms with van der Waals surface area (Å²) in [5, 5.41) is 27.7. The van der Waals surface area contributed by atoms with Crippen LogP contribution >= 0.6 is 0 Å². The van der Waals surface area contributed by atoms with Gasteiger partial charge in [0.15, 0.2) is 33.3 Å². The van der Waals surface area contributed by atoms with Crippen molar-refractivity contribution in [3.63, 3.8) is 0 Å². The Balaban J connectivity index is 1.67. The third kappa shape index (κ3) is 24.5. The molecule has 0 aliphatic heterocycles. The summed E-state index contributed by atoms with van der Waals surface area (Å²) in [4.78, 5) is 0. The van der Waals surface area contributed by atoms with E-state index in [2.05, 4.69) is 127 Å². The molecule has 0 saturated carbocycles. The SMILES string of the molecule is C[Si](C)(C)O[Si](C)(CCCOCC(O)CNc1ccc(Cc2ccc(NCC(O)COCCC[Si](C)(O[Si](C)(C)C)O[Si](C)(C)C)cc2)cc1)O[Si](C)(C)C. The standard InChI is InChI=1S/C39H78N2O8Si6/c1-50(2,3)46-54(13,47-51(4,5)6)27-15-25-44-32-38(42)30-40-36-21-17-34(18-22-36)29-35-19-23-37(24-20-35)41-31-39(43)33-45-26-16-28-55(14,48-52(7,8)9)49-53(10,11)12/h17-24,38-43H,15-16,25-33H2,1-14H3. The molecule has 2 aromatic carbocycles. The number of nitrogens with one attached hydrogen (secondary N) is 2. The Bertz CT molecular complexity index is 1230. The van der Waals surface area contributed by atoms with Crippen molar-refractivity contribution in [1.82, 2.24) is 0 Å². The van der Waals surface area contributed by atoms with Crippen molar-refractivity contribution in [2.24, 2.45) is 0 Å². The fourth-order valence-corrected chi connectivity index (χ4v) is 31.6. The van der Waals surface area contributed by atoms with Gasteiger partial charge in [0.1, 0.15) is 0 Å². The number of benzene rings is 2. The van der Waals surface area contributed by atoms with E-state index in [0.717, 1.165) is 42.7 Å². The molecule has 2 rings (SSSR count). The molecule has 0 aromatic heterocycles. The van der Waals surface area contributed by atoms with Gasteiger partial charge in [-0.15, -0.1) is 0 Å². The number of aliphatic hydroxyl groups is 2. The smallest absolute Gasteiger partial charge is 0.314 e. The largest absolute Gasteiger partial charge is 0.437 e. The molecule has 0 fully saturated rings. The molecule has 0 saturated heterocycles. The van der Waals surface area contributed by atoms with Crippen molar-refractivity contribution < 1.29 is 36.1 Å². The first kappa shape index (κ1) is 50.2. The van der Waals surface area contributed by atoms with Crippen LogP contribution in [0.4, 0.5) is 11.4 Å². The van der Waals surface area contributed by atoms with Crippen molar-refractivity contribution in [2.75, 3.05) is 50.2 Å². The van der Waals surface area contributed by atoms with E-state index < -0.39 is 62.6 Å². The molecular weight excluding hydrogens is 793 g/mol. The van der Waals surface area contributed by atoms with Crippen LogP contribution in [0, 0.1) is 0 Å². The maximum Gasteiger partial charge on any atom is 0.314 e. The highest BCUT2D eigenvalue weighted by molar-refractivity contribution is 6.88. The number of ether oxygens (including phenoxy) is 2. The third-order valence-corrected chi connectivity index (χ3v) is 27.2. The fraction of sp³-hybridized carbons (Fsp3) is 0.692. The average molecular weight is 872 g/mol. The van der Waals surface area contributed by atoms with E-state index in [9.17, 15) is 10.2 Å². The highest BCUT2D eigenvalue weighted by Crippen LogP contribution is 2.27. The number of hydrogen-bond donors (Lipinski definition) is 4. The molecule has 0 amide bonds. The van der Waals surface area contributed by atoms with Crippen molar-refractivity contribution in [3.8, 4) is 0 Å². The first-order valence-electron chi connectivity index (χ1n) is 20.2. The maximum absolute atomic E-state index is 10.5. The number of rotatable bonds is 28. The molecule has 316 valence electrons. The minimum absolute atomic E-state index is 0.287. The zero-order chi connectivity index (χ0) is 41.6. The second-order valence-electron chi connectivity index (χ2n) is 19.1.